The first-order valence-corrected chi connectivity index (χ1v) is 5.95. The fraction of sp³-hybridized carbons (Fsp3) is 0.300. The molecule has 1 rings (SSSR count). The number of methoxy groups -OCH3 is 1. The van der Waals surface area contributed by atoms with Crippen LogP contribution >= 0.6 is 22.6 Å². The van der Waals surface area contributed by atoms with E-state index in [-0.39, 0.29) is 18.0 Å². The lowest BCUT2D eigenvalue weighted by Gasteiger charge is -2.14. The van der Waals surface area contributed by atoms with Gasteiger partial charge in [0.05, 0.1) is 11.5 Å². The molecule has 0 aromatic heterocycles. The van der Waals surface area contributed by atoms with E-state index in [1.807, 2.05) is 22.6 Å². The maximum absolute atomic E-state index is 10.9. The molecule has 0 bridgehead atoms. The van der Waals surface area contributed by atoms with Crippen molar-refractivity contribution in [3.8, 4) is 0 Å². The average molecular weight is 366 g/mol. The van der Waals surface area contributed by atoms with Crippen molar-refractivity contribution in [3.05, 3.63) is 31.9 Å². The molecule has 8 heteroatoms. The number of nitro benzene ring substituents is 1. The molecule has 7 nitrogen and oxygen atoms in total. The Kier molecular flexibility index (Phi) is 5.28. The minimum atomic E-state index is -1.13. The third-order valence-corrected chi connectivity index (χ3v) is 2.79. The molecule has 0 saturated carbocycles. The van der Waals surface area contributed by atoms with Gasteiger partial charge in [-0.25, -0.2) is 4.79 Å². The van der Waals surface area contributed by atoms with Gasteiger partial charge >= 0.3 is 5.97 Å². The summed E-state index contributed by atoms with van der Waals surface area (Å²) in [5.74, 6) is -1.13. The second kappa shape index (κ2) is 6.50. The Morgan fingerprint density at radius 3 is 2.83 bits per heavy atom. The zero-order valence-electron chi connectivity index (χ0n) is 9.42. The highest BCUT2D eigenvalue weighted by Crippen LogP contribution is 2.26. The summed E-state index contributed by atoms with van der Waals surface area (Å²) in [6, 6.07) is 3.47. The standard InChI is InChI=1S/C10H11IN2O5/c1-18-5-8(10(14)15)12-7-3-2-6(11)4-9(7)13(16)17/h2-4,8,12H,5H2,1H3,(H,14,15). The van der Waals surface area contributed by atoms with Gasteiger partial charge in [0, 0.05) is 16.7 Å². The number of benzene rings is 1. The third kappa shape index (κ3) is 3.81. The molecule has 0 heterocycles. The van der Waals surface area contributed by atoms with E-state index in [0.717, 1.165) is 0 Å². The summed E-state index contributed by atoms with van der Waals surface area (Å²) < 4.78 is 5.44. The van der Waals surface area contributed by atoms with Gasteiger partial charge in [0.15, 0.2) is 0 Å². The molecule has 0 aliphatic carbocycles. The normalized spacial score (nSPS) is 11.9. The topological polar surface area (TPSA) is 102 Å². The molecule has 0 spiro atoms. The SMILES string of the molecule is COCC(Nc1ccc(I)cc1[N+](=O)[O-])C(=O)O. The predicted octanol–water partition coefficient (Wildman–Crippen LogP) is 1.71. The summed E-state index contributed by atoms with van der Waals surface area (Å²) in [4.78, 5) is 21.2. The van der Waals surface area contributed by atoms with Gasteiger partial charge in [-0.3, -0.25) is 10.1 Å². The molecule has 1 unspecified atom stereocenters. The van der Waals surface area contributed by atoms with Crippen molar-refractivity contribution in [2.75, 3.05) is 19.0 Å². The molecule has 0 saturated heterocycles. The van der Waals surface area contributed by atoms with Gasteiger partial charge in [-0.1, -0.05) is 0 Å². The summed E-state index contributed by atoms with van der Waals surface area (Å²) >= 11 is 1.95. The lowest BCUT2D eigenvalue weighted by molar-refractivity contribution is -0.384. The Bertz CT molecular complexity index is 466. The third-order valence-electron chi connectivity index (χ3n) is 2.12. The molecule has 0 aliphatic heterocycles. The van der Waals surface area contributed by atoms with Crippen LogP contribution in [-0.2, 0) is 9.53 Å². The molecule has 0 radical (unpaired) electrons. The Labute approximate surface area is 116 Å². The second-order valence-corrected chi connectivity index (χ2v) is 4.65. The molecule has 2 N–H and O–H groups in total. The minimum absolute atomic E-state index is 0.0848. The number of nitro groups is 1. The number of rotatable bonds is 6. The number of nitrogens with zero attached hydrogens (tertiary/aromatic N) is 1. The first-order chi connectivity index (χ1) is 8.45. The maximum Gasteiger partial charge on any atom is 0.328 e. The molecule has 0 fully saturated rings. The Balaban J connectivity index is 3.01. The van der Waals surface area contributed by atoms with Crippen LogP contribution < -0.4 is 5.32 Å². The van der Waals surface area contributed by atoms with Crippen LogP contribution in [0.5, 0.6) is 0 Å². The highest BCUT2D eigenvalue weighted by atomic mass is 127. The number of hydrogen-bond donors (Lipinski definition) is 2. The fourth-order valence-electron chi connectivity index (χ4n) is 1.31. The second-order valence-electron chi connectivity index (χ2n) is 3.41. The largest absolute Gasteiger partial charge is 0.480 e. The minimum Gasteiger partial charge on any atom is -0.480 e. The molecule has 1 atom stereocenters. The number of hydrogen-bond acceptors (Lipinski definition) is 5. The van der Waals surface area contributed by atoms with Gasteiger partial charge < -0.3 is 15.2 Å². The zero-order valence-corrected chi connectivity index (χ0v) is 11.6. The van der Waals surface area contributed by atoms with Crippen LogP contribution in [0.1, 0.15) is 0 Å². The quantitative estimate of drug-likeness (QED) is 0.452. The Morgan fingerprint density at radius 1 is 1.67 bits per heavy atom. The fourth-order valence-corrected chi connectivity index (χ4v) is 1.78. The van der Waals surface area contributed by atoms with Crippen molar-refractivity contribution < 1.29 is 19.6 Å². The van der Waals surface area contributed by atoms with E-state index in [0.29, 0.717) is 3.57 Å². The van der Waals surface area contributed by atoms with Crippen molar-refractivity contribution in [3.63, 3.8) is 0 Å². The smallest absolute Gasteiger partial charge is 0.328 e. The van der Waals surface area contributed by atoms with Crippen molar-refractivity contribution >= 4 is 39.9 Å². The summed E-state index contributed by atoms with van der Waals surface area (Å²) in [6.45, 7) is -0.0848. The van der Waals surface area contributed by atoms with Gasteiger partial charge in [-0.15, -0.1) is 0 Å². The molecule has 1 aromatic rings. The van der Waals surface area contributed by atoms with E-state index in [9.17, 15) is 14.9 Å². The molecular formula is C10H11IN2O5. The molecule has 18 heavy (non-hydrogen) atoms. The van der Waals surface area contributed by atoms with E-state index in [1.54, 1.807) is 6.07 Å². The van der Waals surface area contributed by atoms with E-state index < -0.39 is 16.9 Å². The predicted molar refractivity (Wildman–Crippen MR) is 72.7 cm³/mol. The molecule has 0 amide bonds. The highest BCUT2D eigenvalue weighted by Gasteiger charge is 2.22. The van der Waals surface area contributed by atoms with Gasteiger partial charge in [-0.2, -0.15) is 0 Å². The van der Waals surface area contributed by atoms with Crippen LogP contribution in [0, 0.1) is 13.7 Å². The molecule has 0 aliphatic rings. The maximum atomic E-state index is 10.9. The number of halogens is 1. The lowest BCUT2D eigenvalue weighted by atomic mass is 10.2. The number of nitrogens with one attached hydrogen (secondary N) is 1. The van der Waals surface area contributed by atoms with Gasteiger partial charge in [0.2, 0.25) is 0 Å². The lowest BCUT2D eigenvalue weighted by Crippen LogP contribution is -2.33. The number of aliphatic carboxylic acids is 1. The van der Waals surface area contributed by atoms with Crippen LogP contribution in [0.25, 0.3) is 0 Å². The first-order valence-electron chi connectivity index (χ1n) is 4.88. The van der Waals surface area contributed by atoms with Crippen LogP contribution in [0.3, 0.4) is 0 Å². The number of carbonyl (C=O) groups is 1. The summed E-state index contributed by atoms with van der Waals surface area (Å²) in [5, 5.41) is 22.4. The highest BCUT2D eigenvalue weighted by molar-refractivity contribution is 14.1. The van der Waals surface area contributed by atoms with Gasteiger partial charge in [0.1, 0.15) is 11.7 Å². The van der Waals surface area contributed by atoms with Gasteiger partial charge in [-0.05, 0) is 34.7 Å². The van der Waals surface area contributed by atoms with Crippen LogP contribution in [0.2, 0.25) is 0 Å². The number of ether oxygens (including phenoxy) is 1. The van der Waals surface area contributed by atoms with Crippen molar-refractivity contribution in [2.24, 2.45) is 0 Å². The van der Waals surface area contributed by atoms with Crippen molar-refractivity contribution in [2.45, 2.75) is 6.04 Å². The molecule has 1 aromatic carbocycles. The van der Waals surface area contributed by atoms with Crippen LogP contribution in [0.15, 0.2) is 18.2 Å². The molecule has 98 valence electrons. The summed E-state index contributed by atoms with van der Waals surface area (Å²) in [5.41, 5.74) is -0.00545. The van der Waals surface area contributed by atoms with Crippen molar-refractivity contribution in [1.29, 1.82) is 0 Å². The van der Waals surface area contributed by atoms with E-state index in [4.69, 9.17) is 9.84 Å². The summed E-state index contributed by atoms with van der Waals surface area (Å²) in [7, 11) is 1.36. The Morgan fingerprint density at radius 2 is 2.33 bits per heavy atom. The average Bonchev–Trinajstić information content (AvgIpc) is 2.30. The van der Waals surface area contributed by atoms with E-state index in [2.05, 4.69) is 5.32 Å². The Hall–Kier alpha value is -1.42. The van der Waals surface area contributed by atoms with Crippen LogP contribution in [0.4, 0.5) is 11.4 Å². The van der Waals surface area contributed by atoms with Crippen molar-refractivity contribution in [1.82, 2.24) is 0 Å². The number of anilines is 1. The zero-order chi connectivity index (χ0) is 13.7. The number of carboxylic acid groups (broad SMARTS) is 1. The molecular weight excluding hydrogens is 355 g/mol. The first kappa shape index (κ1) is 14.6. The van der Waals surface area contributed by atoms with E-state index in [1.165, 1.54) is 19.2 Å². The van der Waals surface area contributed by atoms with Crippen LogP contribution in [-0.4, -0.2) is 35.8 Å². The summed E-state index contributed by atoms with van der Waals surface area (Å²) in [6.07, 6.45) is 0. The monoisotopic (exact) mass is 366 g/mol. The number of carboxylic acids is 1. The van der Waals surface area contributed by atoms with E-state index >= 15 is 0 Å². The van der Waals surface area contributed by atoms with Gasteiger partial charge in [0.25, 0.3) is 5.69 Å².